The molecule has 0 amide bonds. The van der Waals surface area contributed by atoms with Gasteiger partial charge in [-0.05, 0) is 47.7 Å². The Bertz CT molecular complexity index is 571. The molecule has 1 saturated carbocycles. The summed E-state index contributed by atoms with van der Waals surface area (Å²) in [6.07, 6.45) is 2.49. The highest BCUT2D eigenvalue weighted by atomic mass is 19.1. The van der Waals surface area contributed by atoms with Crippen LogP contribution in [0.5, 0.6) is 0 Å². The average Bonchev–Trinajstić information content (AvgIpc) is 3.20. The second kappa shape index (κ2) is 5.10. The molecule has 0 atom stereocenters. The highest BCUT2D eigenvalue weighted by Gasteiger charge is 2.19. The summed E-state index contributed by atoms with van der Waals surface area (Å²) in [6.45, 7) is 0.802. The van der Waals surface area contributed by atoms with Crippen LogP contribution in [-0.2, 0) is 6.54 Å². The minimum atomic E-state index is -0.545. The fourth-order valence-electron chi connectivity index (χ4n) is 2.13. The molecule has 0 aromatic heterocycles. The predicted octanol–water partition coefficient (Wildman–Crippen LogP) is 3.88. The van der Waals surface area contributed by atoms with Crippen LogP contribution in [0.2, 0.25) is 0 Å². The van der Waals surface area contributed by atoms with E-state index in [1.807, 2.05) is 24.3 Å². The van der Waals surface area contributed by atoms with Crippen molar-refractivity contribution in [3.8, 4) is 11.1 Å². The summed E-state index contributed by atoms with van der Waals surface area (Å²) in [5.41, 5.74) is 2.55. The minimum Gasteiger partial charge on any atom is -0.310 e. The lowest BCUT2D eigenvalue weighted by molar-refractivity contribution is 0.584. The van der Waals surface area contributed by atoms with Crippen LogP contribution in [0.15, 0.2) is 42.5 Å². The fraction of sp³-hybridized carbons (Fsp3) is 0.250. The SMILES string of the molecule is Fc1cc(F)cc(-c2cccc(CNC3CC3)c2)c1. The lowest BCUT2D eigenvalue weighted by atomic mass is 10.0. The summed E-state index contributed by atoms with van der Waals surface area (Å²) in [5, 5.41) is 3.43. The van der Waals surface area contributed by atoms with Crippen molar-refractivity contribution in [3.05, 3.63) is 59.7 Å². The van der Waals surface area contributed by atoms with Crippen molar-refractivity contribution in [3.63, 3.8) is 0 Å². The molecule has 2 aromatic carbocycles. The van der Waals surface area contributed by atoms with E-state index in [0.717, 1.165) is 23.7 Å². The Hall–Kier alpha value is -1.74. The number of hydrogen-bond donors (Lipinski definition) is 1. The Kier molecular flexibility index (Phi) is 3.30. The average molecular weight is 259 g/mol. The van der Waals surface area contributed by atoms with Gasteiger partial charge in [0.05, 0.1) is 0 Å². The molecule has 0 aliphatic heterocycles. The molecular formula is C16H15F2N. The van der Waals surface area contributed by atoms with Crippen molar-refractivity contribution >= 4 is 0 Å². The maximum atomic E-state index is 13.2. The topological polar surface area (TPSA) is 12.0 Å². The summed E-state index contributed by atoms with van der Waals surface area (Å²) >= 11 is 0. The predicted molar refractivity (Wildman–Crippen MR) is 71.7 cm³/mol. The van der Waals surface area contributed by atoms with Crippen LogP contribution >= 0.6 is 0 Å². The van der Waals surface area contributed by atoms with Crippen LogP contribution in [0.3, 0.4) is 0 Å². The zero-order valence-electron chi connectivity index (χ0n) is 10.5. The van der Waals surface area contributed by atoms with Gasteiger partial charge >= 0.3 is 0 Å². The normalized spacial score (nSPS) is 14.6. The van der Waals surface area contributed by atoms with Crippen LogP contribution in [0.4, 0.5) is 8.78 Å². The number of halogens is 2. The Labute approximate surface area is 111 Å². The third kappa shape index (κ3) is 3.18. The molecule has 0 radical (unpaired) electrons. The molecular weight excluding hydrogens is 244 g/mol. The van der Waals surface area contributed by atoms with Crippen LogP contribution in [0, 0.1) is 11.6 Å². The maximum Gasteiger partial charge on any atom is 0.126 e. The highest BCUT2D eigenvalue weighted by Crippen LogP contribution is 2.24. The van der Waals surface area contributed by atoms with Crippen molar-refractivity contribution < 1.29 is 8.78 Å². The van der Waals surface area contributed by atoms with E-state index in [1.54, 1.807) is 0 Å². The summed E-state index contributed by atoms with van der Waals surface area (Å²) in [4.78, 5) is 0. The number of rotatable bonds is 4. The molecule has 3 rings (SSSR count). The van der Waals surface area contributed by atoms with Gasteiger partial charge in [-0.3, -0.25) is 0 Å². The van der Waals surface area contributed by atoms with Gasteiger partial charge < -0.3 is 5.32 Å². The molecule has 1 N–H and O–H groups in total. The largest absolute Gasteiger partial charge is 0.310 e. The molecule has 0 bridgehead atoms. The molecule has 1 aliphatic rings. The van der Waals surface area contributed by atoms with Gasteiger partial charge in [0.15, 0.2) is 0 Å². The van der Waals surface area contributed by atoms with Crippen molar-refractivity contribution in [2.75, 3.05) is 0 Å². The second-order valence-corrected chi connectivity index (χ2v) is 5.01. The molecule has 1 aliphatic carbocycles. The smallest absolute Gasteiger partial charge is 0.126 e. The first-order chi connectivity index (χ1) is 9.20. The highest BCUT2D eigenvalue weighted by molar-refractivity contribution is 5.64. The van der Waals surface area contributed by atoms with E-state index in [0.29, 0.717) is 11.6 Å². The Morgan fingerprint density at radius 2 is 1.68 bits per heavy atom. The van der Waals surface area contributed by atoms with Crippen molar-refractivity contribution in [1.29, 1.82) is 0 Å². The van der Waals surface area contributed by atoms with Crippen molar-refractivity contribution in [1.82, 2.24) is 5.32 Å². The quantitative estimate of drug-likeness (QED) is 0.878. The molecule has 98 valence electrons. The zero-order chi connectivity index (χ0) is 13.2. The second-order valence-electron chi connectivity index (χ2n) is 5.01. The standard InChI is InChI=1S/C16H15F2N/c17-14-7-13(8-15(18)9-14)12-3-1-2-11(6-12)10-19-16-4-5-16/h1-3,6-9,16,19H,4-5,10H2. The zero-order valence-corrected chi connectivity index (χ0v) is 10.5. The van der Waals surface area contributed by atoms with E-state index in [1.165, 1.54) is 25.0 Å². The number of benzene rings is 2. The van der Waals surface area contributed by atoms with Crippen molar-refractivity contribution in [2.24, 2.45) is 0 Å². The summed E-state index contributed by atoms with van der Waals surface area (Å²) in [6, 6.07) is 12.0. The van der Waals surface area contributed by atoms with E-state index in [9.17, 15) is 8.78 Å². The molecule has 2 aromatic rings. The van der Waals surface area contributed by atoms with Gasteiger partial charge in [0.25, 0.3) is 0 Å². The monoisotopic (exact) mass is 259 g/mol. The van der Waals surface area contributed by atoms with Crippen molar-refractivity contribution in [2.45, 2.75) is 25.4 Å². The third-order valence-electron chi connectivity index (χ3n) is 3.30. The summed E-state index contributed by atoms with van der Waals surface area (Å²) < 4.78 is 26.4. The lowest BCUT2D eigenvalue weighted by Crippen LogP contribution is -2.15. The van der Waals surface area contributed by atoms with Crippen LogP contribution in [0.1, 0.15) is 18.4 Å². The van der Waals surface area contributed by atoms with E-state index in [4.69, 9.17) is 0 Å². The van der Waals surface area contributed by atoms with Gasteiger partial charge in [-0.25, -0.2) is 8.78 Å². The van der Waals surface area contributed by atoms with E-state index < -0.39 is 11.6 Å². The molecule has 1 nitrogen and oxygen atoms in total. The third-order valence-corrected chi connectivity index (χ3v) is 3.30. The van der Waals surface area contributed by atoms with Gasteiger partial charge in [0.2, 0.25) is 0 Å². The molecule has 19 heavy (non-hydrogen) atoms. The molecule has 0 saturated heterocycles. The molecule has 0 unspecified atom stereocenters. The molecule has 0 heterocycles. The van der Waals surface area contributed by atoms with Gasteiger partial charge in [-0.15, -0.1) is 0 Å². The van der Waals surface area contributed by atoms with Crippen LogP contribution in [-0.4, -0.2) is 6.04 Å². The first-order valence-electron chi connectivity index (χ1n) is 6.49. The van der Waals surface area contributed by atoms with E-state index in [2.05, 4.69) is 5.32 Å². The van der Waals surface area contributed by atoms with Gasteiger partial charge in [0, 0.05) is 18.7 Å². The fourth-order valence-corrected chi connectivity index (χ4v) is 2.13. The summed E-state index contributed by atoms with van der Waals surface area (Å²) in [5.74, 6) is -1.09. The molecule has 1 fully saturated rings. The number of nitrogens with one attached hydrogen (secondary N) is 1. The lowest BCUT2D eigenvalue weighted by Gasteiger charge is -2.07. The number of hydrogen-bond acceptors (Lipinski definition) is 1. The Morgan fingerprint density at radius 3 is 2.37 bits per heavy atom. The molecule has 3 heteroatoms. The van der Waals surface area contributed by atoms with Gasteiger partial charge in [-0.2, -0.15) is 0 Å². The Morgan fingerprint density at radius 1 is 0.947 bits per heavy atom. The van der Waals surface area contributed by atoms with Gasteiger partial charge in [-0.1, -0.05) is 18.2 Å². The van der Waals surface area contributed by atoms with E-state index >= 15 is 0 Å². The van der Waals surface area contributed by atoms with Gasteiger partial charge in [0.1, 0.15) is 11.6 Å². The van der Waals surface area contributed by atoms with E-state index in [-0.39, 0.29) is 0 Å². The Balaban J connectivity index is 1.84. The van der Waals surface area contributed by atoms with Crippen LogP contribution < -0.4 is 5.32 Å². The first kappa shape index (κ1) is 12.3. The minimum absolute atomic E-state index is 0.545. The summed E-state index contributed by atoms with van der Waals surface area (Å²) in [7, 11) is 0. The first-order valence-corrected chi connectivity index (χ1v) is 6.49. The molecule has 0 spiro atoms. The maximum absolute atomic E-state index is 13.2. The van der Waals surface area contributed by atoms with Crippen LogP contribution in [0.25, 0.3) is 11.1 Å².